The number of rotatable bonds is 3. The van der Waals surface area contributed by atoms with Crippen molar-refractivity contribution in [3.05, 3.63) is 0 Å². The molecule has 1 saturated carbocycles. The summed E-state index contributed by atoms with van der Waals surface area (Å²) in [6, 6.07) is 0.269. The lowest BCUT2D eigenvalue weighted by Gasteiger charge is -2.51. The topological polar surface area (TPSA) is 98.8 Å². The van der Waals surface area contributed by atoms with E-state index >= 15 is 0 Å². The van der Waals surface area contributed by atoms with E-state index in [4.69, 9.17) is 0 Å². The highest BCUT2D eigenvalue weighted by molar-refractivity contribution is 7.88. The third-order valence-electron chi connectivity index (χ3n) is 5.63. The molecule has 4 aliphatic rings. The summed E-state index contributed by atoms with van der Waals surface area (Å²) in [5, 5.41) is 3.11. The molecule has 4 fully saturated rings. The standard InChI is InChI=1S/C16H28N4O4S/c1-11(21)19-9-15-8-7-14(19)10-20(15)16(22)17-12-3-5-13(6-4-12)18-25(2,23)24/h12-15,18H,3-10H2,1-2H3,(H,17,22). The number of hydrogen-bond acceptors (Lipinski definition) is 4. The quantitative estimate of drug-likeness (QED) is 0.742. The Kier molecular flexibility index (Phi) is 5.24. The van der Waals surface area contributed by atoms with Crippen molar-refractivity contribution in [3.63, 3.8) is 0 Å². The molecule has 2 atom stereocenters. The van der Waals surface area contributed by atoms with Crippen molar-refractivity contribution in [2.75, 3.05) is 19.3 Å². The number of sulfonamides is 1. The Morgan fingerprint density at radius 1 is 0.880 bits per heavy atom. The van der Waals surface area contributed by atoms with E-state index in [2.05, 4.69) is 10.0 Å². The SMILES string of the molecule is CC(=O)N1CC2CCC1CN2C(=O)NC1CCC(NS(C)(=O)=O)CC1. The lowest BCUT2D eigenvalue weighted by molar-refractivity contribution is -0.137. The molecule has 2 N–H and O–H groups in total. The summed E-state index contributed by atoms with van der Waals surface area (Å²) in [6.45, 7) is 2.84. The number of carbonyl (C=O) groups excluding carboxylic acids is 2. The van der Waals surface area contributed by atoms with Crippen molar-refractivity contribution in [2.45, 2.75) is 69.6 Å². The molecule has 8 nitrogen and oxygen atoms in total. The van der Waals surface area contributed by atoms with Crippen LogP contribution < -0.4 is 10.0 Å². The summed E-state index contributed by atoms with van der Waals surface area (Å²) in [5.41, 5.74) is 0. The molecule has 3 heterocycles. The Bertz CT molecular complexity index is 630. The van der Waals surface area contributed by atoms with E-state index in [9.17, 15) is 18.0 Å². The summed E-state index contributed by atoms with van der Waals surface area (Å²) in [5.74, 6) is 0.0893. The first-order valence-corrected chi connectivity index (χ1v) is 10.9. The Hall–Kier alpha value is -1.35. The average molecular weight is 372 g/mol. The largest absolute Gasteiger partial charge is 0.336 e. The van der Waals surface area contributed by atoms with Crippen LogP contribution in [0.5, 0.6) is 0 Å². The number of carbonyl (C=O) groups is 2. The molecule has 0 spiro atoms. The number of hydrogen-bond donors (Lipinski definition) is 2. The minimum absolute atomic E-state index is 0.0294. The van der Waals surface area contributed by atoms with Crippen LogP contribution in [0.3, 0.4) is 0 Å². The number of amides is 3. The van der Waals surface area contributed by atoms with Gasteiger partial charge in [0, 0.05) is 38.1 Å². The van der Waals surface area contributed by atoms with Gasteiger partial charge in [0.2, 0.25) is 15.9 Å². The molecule has 0 aromatic heterocycles. The second kappa shape index (κ2) is 7.11. The van der Waals surface area contributed by atoms with Gasteiger partial charge in [0.15, 0.2) is 0 Å². The number of piperidine rings is 2. The van der Waals surface area contributed by atoms with Crippen LogP contribution in [0.15, 0.2) is 0 Å². The molecule has 3 amide bonds. The number of urea groups is 1. The minimum atomic E-state index is -3.18. The van der Waals surface area contributed by atoms with Gasteiger partial charge in [0.25, 0.3) is 0 Å². The van der Waals surface area contributed by atoms with Crippen molar-refractivity contribution in [1.29, 1.82) is 0 Å². The van der Waals surface area contributed by atoms with Gasteiger partial charge in [-0.25, -0.2) is 17.9 Å². The van der Waals surface area contributed by atoms with Gasteiger partial charge >= 0.3 is 6.03 Å². The van der Waals surface area contributed by atoms with E-state index in [0.29, 0.717) is 13.1 Å². The molecule has 2 bridgehead atoms. The molecule has 3 saturated heterocycles. The lowest BCUT2D eigenvalue weighted by Crippen LogP contribution is -2.66. The first-order chi connectivity index (χ1) is 11.7. The van der Waals surface area contributed by atoms with Gasteiger partial charge in [-0.05, 0) is 38.5 Å². The number of piperazine rings is 1. The maximum atomic E-state index is 12.6. The van der Waals surface area contributed by atoms with E-state index in [1.165, 1.54) is 6.26 Å². The Labute approximate surface area is 149 Å². The van der Waals surface area contributed by atoms with Crippen LogP contribution in [-0.4, -0.2) is 73.7 Å². The van der Waals surface area contributed by atoms with E-state index in [0.717, 1.165) is 38.5 Å². The fourth-order valence-electron chi connectivity index (χ4n) is 4.38. The highest BCUT2D eigenvalue weighted by Gasteiger charge is 2.42. The normalized spacial score (nSPS) is 32.6. The molecule has 3 aliphatic heterocycles. The zero-order chi connectivity index (χ0) is 18.2. The zero-order valence-electron chi connectivity index (χ0n) is 14.9. The molecule has 0 radical (unpaired) electrons. The van der Waals surface area contributed by atoms with Gasteiger partial charge in [-0.3, -0.25) is 4.79 Å². The van der Waals surface area contributed by atoms with Crippen LogP contribution in [0, 0.1) is 0 Å². The summed E-state index contributed by atoms with van der Waals surface area (Å²) >= 11 is 0. The fourth-order valence-corrected chi connectivity index (χ4v) is 5.22. The van der Waals surface area contributed by atoms with Crippen molar-refractivity contribution in [1.82, 2.24) is 19.8 Å². The van der Waals surface area contributed by atoms with E-state index in [-0.39, 0.29) is 36.1 Å². The first kappa shape index (κ1) is 18.4. The second-order valence-electron chi connectivity index (χ2n) is 7.60. The predicted octanol–water partition coefficient (Wildman–Crippen LogP) is 0.252. The molecule has 0 aromatic rings. The number of nitrogens with zero attached hydrogens (tertiary/aromatic N) is 2. The van der Waals surface area contributed by atoms with Crippen molar-refractivity contribution >= 4 is 22.0 Å². The van der Waals surface area contributed by atoms with E-state index in [1.54, 1.807) is 6.92 Å². The van der Waals surface area contributed by atoms with Gasteiger partial charge in [-0.1, -0.05) is 0 Å². The van der Waals surface area contributed by atoms with Crippen LogP contribution in [0.25, 0.3) is 0 Å². The maximum absolute atomic E-state index is 12.6. The van der Waals surface area contributed by atoms with Gasteiger partial charge in [-0.15, -0.1) is 0 Å². The molecule has 1 aliphatic carbocycles. The first-order valence-electron chi connectivity index (χ1n) is 9.04. The highest BCUT2D eigenvalue weighted by atomic mass is 32.2. The van der Waals surface area contributed by atoms with E-state index in [1.807, 2.05) is 9.80 Å². The predicted molar refractivity (Wildman–Crippen MR) is 93.5 cm³/mol. The third kappa shape index (κ3) is 4.44. The average Bonchev–Trinajstić information content (AvgIpc) is 2.55. The Balaban J connectivity index is 1.49. The fraction of sp³-hybridized carbons (Fsp3) is 0.875. The Morgan fingerprint density at radius 2 is 1.40 bits per heavy atom. The van der Waals surface area contributed by atoms with Gasteiger partial charge in [0.05, 0.1) is 12.3 Å². The maximum Gasteiger partial charge on any atom is 0.317 e. The van der Waals surface area contributed by atoms with Gasteiger partial charge < -0.3 is 15.1 Å². The van der Waals surface area contributed by atoms with Crippen LogP contribution in [-0.2, 0) is 14.8 Å². The summed E-state index contributed by atoms with van der Waals surface area (Å²) < 4.78 is 25.2. The van der Waals surface area contributed by atoms with Gasteiger partial charge in [0.1, 0.15) is 0 Å². The zero-order valence-corrected chi connectivity index (χ0v) is 15.7. The molecular weight excluding hydrogens is 344 g/mol. The van der Waals surface area contributed by atoms with Crippen molar-refractivity contribution < 1.29 is 18.0 Å². The molecular formula is C16H28N4O4S. The van der Waals surface area contributed by atoms with Crippen LogP contribution in [0.1, 0.15) is 45.4 Å². The summed E-state index contributed by atoms with van der Waals surface area (Å²) in [4.78, 5) is 28.1. The molecule has 2 unspecified atom stereocenters. The number of nitrogens with one attached hydrogen (secondary N) is 2. The molecule has 9 heteroatoms. The lowest BCUT2D eigenvalue weighted by atomic mass is 9.90. The van der Waals surface area contributed by atoms with Crippen LogP contribution in [0.4, 0.5) is 4.79 Å². The summed E-state index contributed by atoms with van der Waals surface area (Å²) in [7, 11) is -3.18. The van der Waals surface area contributed by atoms with Gasteiger partial charge in [-0.2, -0.15) is 0 Å². The second-order valence-corrected chi connectivity index (χ2v) is 9.38. The van der Waals surface area contributed by atoms with E-state index < -0.39 is 10.0 Å². The monoisotopic (exact) mass is 372 g/mol. The number of fused-ring (bicyclic) bond motifs is 3. The third-order valence-corrected chi connectivity index (χ3v) is 6.39. The van der Waals surface area contributed by atoms with Crippen molar-refractivity contribution in [2.24, 2.45) is 0 Å². The molecule has 4 rings (SSSR count). The molecule has 142 valence electrons. The highest BCUT2D eigenvalue weighted by Crippen LogP contribution is 2.29. The smallest absolute Gasteiger partial charge is 0.317 e. The van der Waals surface area contributed by atoms with Crippen LogP contribution >= 0.6 is 0 Å². The summed E-state index contributed by atoms with van der Waals surface area (Å²) in [6.07, 6.45) is 6.13. The van der Waals surface area contributed by atoms with Crippen LogP contribution in [0.2, 0.25) is 0 Å². The van der Waals surface area contributed by atoms with Crippen molar-refractivity contribution in [3.8, 4) is 0 Å². The molecule has 0 aromatic carbocycles. The molecule has 25 heavy (non-hydrogen) atoms. The minimum Gasteiger partial charge on any atom is -0.336 e. The Morgan fingerprint density at radius 3 is 1.88 bits per heavy atom.